The van der Waals surface area contributed by atoms with Gasteiger partial charge >= 0.3 is 19.5 Å². The summed E-state index contributed by atoms with van der Waals surface area (Å²) in [7, 11) is -4.42. The molecule has 0 unspecified atom stereocenters. The van der Waals surface area contributed by atoms with Crippen LogP contribution in [0.25, 0.3) is 5.14 Å². The van der Waals surface area contributed by atoms with Crippen molar-refractivity contribution in [2.24, 2.45) is 0 Å². The molecular formula is C2H7NO5SZn. The van der Waals surface area contributed by atoms with E-state index in [-0.39, 0.29) is 33.4 Å². The molecule has 0 aliphatic carbocycles. The fraction of sp³-hybridized carbons (Fsp3) is 0. The van der Waals surface area contributed by atoms with Crippen molar-refractivity contribution in [2.45, 2.75) is 0 Å². The van der Waals surface area contributed by atoms with E-state index in [1.54, 1.807) is 0 Å². The third kappa shape index (κ3) is 288000. The average molecular weight is 223 g/mol. The molecule has 0 aliphatic rings. The van der Waals surface area contributed by atoms with Crippen LogP contribution in [0.15, 0.2) is 0 Å². The van der Waals surface area contributed by atoms with Crippen molar-refractivity contribution in [2.75, 3.05) is 0 Å². The van der Waals surface area contributed by atoms with Crippen molar-refractivity contribution in [3.8, 4) is 0 Å². The summed E-state index contributed by atoms with van der Waals surface area (Å²) in [5, 5.41) is 12.4. The number of carbonyl (C=O) groups is 1. The van der Waals surface area contributed by atoms with Gasteiger partial charge in [0.1, 0.15) is 0 Å². The minimum absolute atomic E-state index is 0. The predicted octanol–water partition coefficient (Wildman–Crippen LogP) is -0.0100. The van der Waals surface area contributed by atoms with Crippen LogP contribution in [-0.4, -0.2) is 24.5 Å². The average Bonchev–Trinajstić information content (AvgIpc) is 1.27. The Bertz CT molecular complexity index is 134. The summed E-state index contributed by atoms with van der Waals surface area (Å²) in [5.41, 5.74) is 0. The number of hydrogen-bond donors (Lipinski definition) is 2. The summed E-state index contributed by atoms with van der Waals surface area (Å²) in [6.45, 7) is -0.250. The molecule has 0 saturated heterocycles. The second-order valence-electron chi connectivity index (χ2n) is 0.580. The SMILES string of the molecule is O=CO.[CH3-].[NH-]S(=O)(=O)O.[Zn+2]. The van der Waals surface area contributed by atoms with Gasteiger partial charge < -0.3 is 17.7 Å². The zero-order chi connectivity index (χ0) is 7.21. The third-order valence-electron chi connectivity index (χ3n) is 0. The van der Waals surface area contributed by atoms with E-state index in [4.69, 9.17) is 28.0 Å². The van der Waals surface area contributed by atoms with Gasteiger partial charge in [-0.1, -0.05) is 0 Å². The Morgan fingerprint density at radius 1 is 1.40 bits per heavy atom. The second-order valence-corrected chi connectivity index (χ2v) is 1.53. The Morgan fingerprint density at radius 3 is 1.40 bits per heavy atom. The summed E-state index contributed by atoms with van der Waals surface area (Å²) in [5.74, 6) is 0. The minimum Gasteiger partial charge on any atom is -0.540 e. The molecule has 6 nitrogen and oxygen atoms in total. The molecule has 0 fully saturated rings. The maximum atomic E-state index is 8.85. The molecule has 0 bridgehead atoms. The van der Waals surface area contributed by atoms with E-state index in [0.717, 1.165) is 0 Å². The Balaban J connectivity index is -0.0000000326. The summed E-state index contributed by atoms with van der Waals surface area (Å²) in [6.07, 6.45) is 0. The summed E-state index contributed by atoms with van der Waals surface area (Å²) >= 11 is 0. The Hall–Kier alpha value is -0.0366. The normalized spacial score (nSPS) is 7.00. The molecule has 0 aromatic rings. The first-order chi connectivity index (χ1) is 3.41. The van der Waals surface area contributed by atoms with Gasteiger partial charge in [0.15, 0.2) is 10.3 Å². The van der Waals surface area contributed by atoms with Gasteiger partial charge in [-0.2, -0.15) is 0 Å². The van der Waals surface area contributed by atoms with Gasteiger partial charge in [0.2, 0.25) is 0 Å². The maximum absolute atomic E-state index is 8.85. The van der Waals surface area contributed by atoms with Crippen LogP contribution in [0.3, 0.4) is 0 Å². The Labute approximate surface area is 72.1 Å². The topological polar surface area (TPSA) is 115 Å². The number of carboxylic acid groups (broad SMARTS) is 1. The van der Waals surface area contributed by atoms with Crippen molar-refractivity contribution >= 4 is 16.8 Å². The van der Waals surface area contributed by atoms with Crippen LogP contribution in [0.4, 0.5) is 0 Å². The molecule has 8 heteroatoms. The van der Waals surface area contributed by atoms with Gasteiger partial charge in [0.05, 0.1) is 0 Å². The number of nitrogens with one attached hydrogen (secondary N) is 1. The number of hydrogen-bond acceptors (Lipinski definition) is 3. The summed E-state index contributed by atoms with van der Waals surface area (Å²) < 4.78 is 24.9. The van der Waals surface area contributed by atoms with E-state index in [0.29, 0.717) is 0 Å². The molecule has 0 amide bonds. The molecule has 0 aromatic carbocycles. The van der Waals surface area contributed by atoms with Crippen molar-refractivity contribution in [1.29, 1.82) is 0 Å². The van der Waals surface area contributed by atoms with Crippen LogP contribution in [0.1, 0.15) is 0 Å². The fourth-order valence-electron chi connectivity index (χ4n) is 0. The summed E-state index contributed by atoms with van der Waals surface area (Å²) in [6, 6.07) is 0. The van der Waals surface area contributed by atoms with E-state index < -0.39 is 10.3 Å². The van der Waals surface area contributed by atoms with E-state index in [1.165, 1.54) is 0 Å². The molecule has 0 spiro atoms. The van der Waals surface area contributed by atoms with Crippen molar-refractivity contribution < 1.29 is 42.3 Å². The zero-order valence-electron chi connectivity index (χ0n) is 5.31. The molecule has 0 atom stereocenters. The van der Waals surface area contributed by atoms with Crippen LogP contribution in [0.5, 0.6) is 0 Å². The second kappa shape index (κ2) is 11.7. The van der Waals surface area contributed by atoms with E-state index in [2.05, 4.69) is 0 Å². The molecule has 0 heterocycles. The van der Waals surface area contributed by atoms with Crippen LogP contribution in [-0.2, 0) is 34.6 Å². The molecule has 10 heavy (non-hydrogen) atoms. The van der Waals surface area contributed by atoms with Crippen molar-refractivity contribution in [3.05, 3.63) is 12.6 Å². The maximum Gasteiger partial charge on any atom is 2.00 e. The van der Waals surface area contributed by atoms with Gasteiger partial charge in [0, 0.05) is 0 Å². The molecule has 0 aliphatic heterocycles. The van der Waals surface area contributed by atoms with Crippen LogP contribution < -0.4 is 0 Å². The molecule has 58 valence electrons. The first-order valence-corrected chi connectivity index (χ1v) is 2.65. The van der Waals surface area contributed by atoms with Gasteiger partial charge in [-0.3, -0.25) is 9.35 Å². The molecule has 0 rings (SSSR count). The van der Waals surface area contributed by atoms with Crippen molar-refractivity contribution in [1.82, 2.24) is 0 Å². The summed E-state index contributed by atoms with van der Waals surface area (Å²) in [4.78, 5) is 8.36. The quantitative estimate of drug-likeness (QED) is 0.259. The Morgan fingerprint density at radius 2 is 1.40 bits per heavy atom. The van der Waals surface area contributed by atoms with Gasteiger partial charge in [-0.15, -0.1) is 0 Å². The standard InChI is InChI=1S/CH2O2.CH3.H2NO3S.Zn/c2-1-3;;1-5(2,3)4;/h1H,(H,2,3);1H3;(H2-,1,2,3,4);/q;2*-1;+2. The van der Waals surface area contributed by atoms with Gasteiger partial charge in [-0.25, -0.2) is 8.42 Å². The first kappa shape index (κ1) is 22.5. The third-order valence-corrected chi connectivity index (χ3v) is 0. The molecule has 0 aromatic heterocycles. The Kier molecular flexibility index (Phi) is 26.4. The fourth-order valence-corrected chi connectivity index (χ4v) is 0. The largest absolute Gasteiger partial charge is 2.00 e. The van der Waals surface area contributed by atoms with Gasteiger partial charge in [0.25, 0.3) is 6.47 Å². The van der Waals surface area contributed by atoms with Crippen LogP contribution >= 0.6 is 0 Å². The van der Waals surface area contributed by atoms with E-state index >= 15 is 0 Å². The molecule has 0 saturated carbocycles. The van der Waals surface area contributed by atoms with E-state index in [9.17, 15) is 0 Å². The monoisotopic (exact) mass is 221 g/mol. The molecule has 3 N–H and O–H groups in total. The van der Waals surface area contributed by atoms with E-state index in [1.807, 2.05) is 0 Å². The predicted molar refractivity (Wildman–Crippen MR) is 31.0 cm³/mol. The number of rotatable bonds is 0. The van der Waals surface area contributed by atoms with Crippen molar-refractivity contribution in [3.63, 3.8) is 0 Å². The molecular weight excluding hydrogens is 215 g/mol. The smallest absolute Gasteiger partial charge is 0.540 e. The zero-order valence-corrected chi connectivity index (χ0v) is 9.10. The first-order valence-electron chi connectivity index (χ1n) is 1.21. The minimum atomic E-state index is -4.42. The van der Waals surface area contributed by atoms with Crippen LogP contribution in [0, 0.1) is 7.43 Å². The van der Waals surface area contributed by atoms with Gasteiger partial charge in [-0.05, 0) is 0 Å². The molecule has 0 radical (unpaired) electrons. The van der Waals surface area contributed by atoms with Crippen LogP contribution in [0.2, 0.25) is 0 Å².